The van der Waals surface area contributed by atoms with E-state index in [2.05, 4.69) is 4.98 Å². The van der Waals surface area contributed by atoms with Gasteiger partial charge in [-0.05, 0) is 18.6 Å². The van der Waals surface area contributed by atoms with Gasteiger partial charge in [0.25, 0.3) is 11.5 Å². The Kier molecular flexibility index (Phi) is 6.64. The lowest BCUT2D eigenvalue weighted by atomic mass is 10.3. The Bertz CT molecular complexity index is 919. The van der Waals surface area contributed by atoms with Crippen LogP contribution in [0.25, 0.3) is 0 Å². The number of carbonyl (C=O) groups excluding carboxylic acids is 1. The number of benzene rings is 1. The van der Waals surface area contributed by atoms with E-state index < -0.39 is 17.2 Å². The van der Waals surface area contributed by atoms with Crippen molar-refractivity contribution in [1.29, 1.82) is 0 Å². The molecule has 9 nitrogen and oxygen atoms in total. The maximum absolute atomic E-state index is 12.5. The number of rotatable bonds is 8. The monoisotopic (exact) mass is 376 g/mol. The lowest BCUT2D eigenvalue weighted by molar-refractivity contribution is -0.120. The topological polar surface area (TPSA) is 120 Å². The zero-order valence-electron chi connectivity index (χ0n) is 15.7. The van der Waals surface area contributed by atoms with Crippen LogP contribution in [-0.4, -0.2) is 36.2 Å². The number of amides is 1. The third-order valence-electron chi connectivity index (χ3n) is 4.08. The van der Waals surface area contributed by atoms with Crippen LogP contribution in [0.15, 0.2) is 33.9 Å². The molecule has 0 saturated heterocycles. The first kappa shape index (κ1) is 20.1. The number of unbranched alkanes of at least 4 members (excludes halogenated alkanes) is 1. The summed E-state index contributed by atoms with van der Waals surface area (Å²) in [6, 6.07) is 6.89. The summed E-state index contributed by atoms with van der Waals surface area (Å²) < 4.78 is 11.9. The minimum atomic E-state index is -0.724. The Morgan fingerprint density at radius 2 is 1.93 bits per heavy atom. The van der Waals surface area contributed by atoms with Gasteiger partial charge in [0, 0.05) is 13.6 Å². The molecule has 2 aromatic rings. The van der Waals surface area contributed by atoms with Crippen LogP contribution >= 0.6 is 0 Å². The maximum atomic E-state index is 12.5. The van der Waals surface area contributed by atoms with E-state index in [-0.39, 0.29) is 18.1 Å². The first-order chi connectivity index (χ1) is 12.9. The van der Waals surface area contributed by atoms with Gasteiger partial charge in [0.2, 0.25) is 0 Å². The molecule has 146 valence electrons. The second-order valence-electron chi connectivity index (χ2n) is 5.89. The molecular formula is C18H24N4O5. The van der Waals surface area contributed by atoms with Gasteiger partial charge in [-0.25, -0.2) is 4.79 Å². The quantitative estimate of drug-likeness (QED) is 0.708. The predicted molar refractivity (Wildman–Crippen MR) is 103 cm³/mol. The number of aromatic amines is 1. The summed E-state index contributed by atoms with van der Waals surface area (Å²) in [5, 5.41) is 0. The minimum Gasteiger partial charge on any atom is -0.493 e. The van der Waals surface area contributed by atoms with E-state index in [0.717, 1.165) is 11.3 Å². The molecule has 0 fully saturated rings. The fourth-order valence-electron chi connectivity index (χ4n) is 2.54. The summed E-state index contributed by atoms with van der Waals surface area (Å²) >= 11 is 0. The highest BCUT2D eigenvalue weighted by atomic mass is 16.5. The molecule has 1 aromatic heterocycles. The van der Waals surface area contributed by atoms with Gasteiger partial charge in [0.1, 0.15) is 5.82 Å². The molecule has 9 heteroatoms. The average Bonchev–Trinajstić information content (AvgIpc) is 2.65. The van der Waals surface area contributed by atoms with Crippen LogP contribution in [0.2, 0.25) is 0 Å². The van der Waals surface area contributed by atoms with Gasteiger partial charge < -0.3 is 20.1 Å². The molecular weight excluding hydrogens is 352 g/mol. The standard InChI is InChI=1S/C18H24N4O5/c1-4-5-10-22-16(19)15(17(24)20-18(22)25)21(2)14(23)11-27-13-9-7-6-8-12(13)26-3/h6-9H,4-5,10-11,19H2,1-3H3,(H,20,24,25). The molecule has 3 N–H and O–H groups in total. The molecule has 0 bridgehead atoms. The molecule has 0 aliphatic heterocycles. The predicted octanol–water partition coefficient (Wildman–Crippen LogP) is 0.969. The molecule has 0 unspecified atom stereocenters. The van der Waals surface area contributed by atoms with Crippen LogP contribution in [0, 0.1) is 0 Å². The van der Waals surface area contributed by atoms with Gasteiger partial charge in [0.05, 0.1) is 7.11 Å². The number of ether oxygens (including phenoxy) is 2. The summed E-state index contributed by atoms with van der Waals surface area (Å²) in [5.41, 5.74) is 4.60. The number of nitrogens with zero attached hydrogens (tertiary/aromatic N) is 2. The Morgan fingerprint density at radius 3 is 2.56 bits per heavy atom. The molecule has 1 heterocycles. The number of H-pyrrole nitrogens is 1. The van der Waals surface area contributed by atoms with Crippen molar-refractivity contribution >= 4 is 17.4 Å². The lowest BCUT2D eigenvalue weighted by Crippen LogP contribution is -2.40. The highest BCUT2D eigenvalue weighted by Crippen LogP contribution is 2.26. The van der Waals surface area contributed by atoms with Crippen LogP contribution in [0.1, 0.15) is 19.8 Å². The van der Waals surface area contributed by atoms with Crippen LogP contribution in [0.3, 0.4) is 0 Å². The Labute approximate surface area is 156 Å². The molecule has 0 radical (unpaired) electrons. The number of anilines is 2. The van der Waals surface area contributed by atoms with Crippen molar-refractivity contribution in [3.05, 3.63) is 45.1 Å². The summed E-state index contributed by atoms with van der Waals surface area (Å²) in [6.45, 7) is 1.99. The largest absolute Gasteiger partial charge is 0.493 e. The molecule has 0 saturated carbocycles. The first-order valence-corrected chi connectivity index (χ1v) is 8.55. The number of methoxy groups -OCH3 is 1. The Balaban J connectivity index is 2.23. The summed E-state index contributed by atoms with van der Waals surface area (Å²) in [7, 11) is 2.90. The second kappa shape index (κ2) is 8.93. The van der Waals surface area contributed by atoms with Gasteiger partial charge in [-0.15, -0.1) is 0 Å². The van der Waals surface area contributed by atoms with Gasteiger partial charge in [0.15, 0.2) is 23.8 Å². The van der Waals surface area contributed by atoms with Crippen molar-refractivity contribution in [2.45, 2.75) is 26.3 Å². The third kappa shape index (κ3) is 4.49. The Morgan fingerprint density at radius 1 is 1.26 bits per heavy atom. The summed E-state index contributed by atoms with van der Waals surface area (Å²) in [4.78, 5) is 40.0. The first-order valence-electron chi connectivity index (χ1n) is 8.55. The zero-order chi connectivity index (χ0) is 20.0. The molecule has 0 aliphatic carbocycles. The normalized spacial score (nSPS) is 10.5. The fraction of sp³-hybridized carbons (Fsp3) is 0.389. The lowest BCUT2D eigenvalue weighted by Gasteiger charge is -2.20. The van der Waals surface area contributed by atoms with Gasteiger partial charge >= 0.3 is 5.69 Å². The third-order valence-corrected chi connectivity index (χ3v) is 4.08. The highest BCUT2D eigenvalue weighted by molar-refractivity contribution is 5.96. The average molecular weight is 376 g/mol. The number of carbonyl (C=O) groups is 1. The number of aromatic nitrogens is 2. The zero-order valence-corrected chi connectivity index (χ0v) is 15.7. The number of para-hydroxylation sites is 2. The van der Waals surface area contributed by atoms with E-state index in [9.17, 15) is 14.4 Å². The number of hydrogen-bond donors (Lipinski definition) is 2. The molecule has 27 heavy (non-hydrogen) atoms. The smallest absolute Gasteiger partial charge is 0.330 e. The van der Waals surface area contributed by atoms with Gasteiger partial charge in [-0.3, -0.25) is 19.1 Å². The van der Waals surface area contributed by atoms with Crippen LogP contribution < -0.4 is 31.4 Å². The maximum Gasteiger partial charge on any atom is 0.330 e. The number of likely N-dealkylation sites (N-methyl/N-ethyl adjacent to an activating group) is 1. The number of nitrogens with two attached hydrogens (primary N) is 1. The Hall–Kier alpha value is -3.23. The van der Waals surface area contributed by atoms with Crippen LogP contribution in [-0.2, 0) is 11.3 Å². The molecule has 2 rings (SSSR count). The molecule has 0 aliphatic rings. The van der Waals surface area contributed by atoms with E-state index >= 15 is 0 Å². The number of hydrogen-bond acceptors (Lipinski definition) is 6. The van der Waals surface area contributed by atoms with Crippen molar-refractivity contribution in [2.24, 2.45) is 0 Å². The van der Waals surface area contributed by atoms with Crippen molar-refractivity contribution in [1.82, 2.24) is 9.55 Å². The van der Waals surface area contributed by atoms with Crippen molar-refractivity contribution in [3.63, 3.8) is 0 Å². The van der Waals surface area contributed by atoms with Crippen molar-refractivity contribution in [3.8, 4) is 11.5 Å². The molecule has 0 atom stereocenters. The van der Waals surface area contributed by atoms with Crippen LogP contribution in [0.4, 0.5) is 11.5 Å². The minimum absolute atomic E-state index is 0.0506. The SMILES string of the molecule is CCCCn1c(N)c(N(C)C(=O)COc2ccccc2OC)c(=O)[nH]c1=O. The van der Waals surface area contributed by atoms with Gasteiger partial charge in [-0.1, -0.05) is 25.5 Å². The van der Waals surface area contributed by atoms with Crippen molar-refractivity contribution < 1.29 is 14.3 Å². The van der Waals surface area contributed by atoms with Gasteiger partial charge in [-0.2, -0.15) is 0 Å². The fourth-order valence-corrected chi connectivity index (χ4v) is 2.54. The molecule has 1 aromatic carbocycles. The van der Waals surface area contributed by atoms with E-state index in [4.69, 9.17) is 15.2 Å². The van der Waals surface area contributed by atoms with E-state index in [1.807, 2.05) is 6.92 Å². The van der Waals surface area contributed by atoms with E-state index in [1.54, 1.807) is 24.3 Å². The van der Waals surface area contributed by atoms with Crippen molar-refractivity contribution in [2.75, 3.05) is 31.4 Å². The number of nitrogen functional groups attached to an aromatic ring is 1. The van der Waals surface area contributed by atoms with E-state index in [1.165, 1.54) is 18.7 Å². The highest BCUT2D eigenvalue weighted by Gasteiger charge is 2.21. The molecule has 0 spiro atoms. The summed E-state index contributed by atoms with van der Waals surface area (Å²) in [6.07, 6.45) is 1.56. The molecule has 1 amide bonds. The summed E-state index contributed by atoms with van der Waals surface area (Å²) in [5.74, 6) is 0.333. The van der Waals surface area contributed by atoms with E-state index in [0.29, 0.717) is 24.5 Å². The van der Waals surface area contributed by atoms with Crippen LogP contribution in [0.5, 0.6) is 11.5 Å². The number of nitrogens with one attached hydrogen (secondary N) is 1. The second-order valence-corrected chi connectivity index (χ2v) is 5.89.